The smallest absolute Gasteiger partial charge is 0.294 e. The second-order valence-electron chi connectivity index (χ2n) is 7.55. The molecule has 0 radical (unpaired) electrons. The van der Waals surface area contributed by atoms with Crippen molar-refractivity contribution in [3.05, 3.63) is 70.2 Å². The Balaban J connectivity index is 1.50. The molecule has 0 bridgehead atoms. The van der Waals surface area contributed by atoms with Gasteiger partial charge in [-0.1, -0.05) is 18.2 Å². The van der Waals surface area contributed by atoms with Crippen molar-refractivity contribution in [1.82, 2.24) is 14.9 Å². The van der Waals surface area contributed by atoms with E-state index in [1.54, 1.807) is 43.3 Å². The second kappa shape index (κ2) is 11.9. The van der Waals surface area contributed by atoms with E-state index in [0.29, 0.717) is 28.8 Å². The maximum absolute atomic E-state index is 14.0. The zero-order chi connectivity index (χ0) is 27.2. The van der Waals surface area contributed by atoms with Crippen molar-refractivity contribution in [1.29, 1.82) is 0 Å². The molecule has 10 nitrogen and oxygen atoms in total. The van der Waals surface area contributed by atoms with Gasteiger partial charge in [0.05, 0.1) is 30.5 Å². The first-order chi connectivity index (χ1) is 18.3. The molecule has 1 aliphatic heterocycles. The number of benzene rings is 2. The minimum Gasteiger partial charge on any atom is -0.495 e. The van der Waals surface area contributed by atoms with Crippen LogP contribution in [0, 0.1) is 5.82 Å². The molecule has 3 amide bonds. The molecule has 1 aromatic heterocycles. The topological polar surface area (TPSA) is 120 Å². The monoisotopic (exact) mass is 558 g/mol. The molecule has 1 fully saturated rings. The lowest BCUT2D eigenvalue weighted by Crippen LogP contribution is -2.36. The number of rotatable bonds is 9. The van der Waals surface area contributed by atoms with E-state index in [2.05, 4.69) is 15.3 Å². The Kier molecular flexibility index (Phi) is 8.44. The summed E-state index contributed by atoms with van der Waals surface area (Å²) < 4.78 is 30.3. The summed E-state index contributed by atoms with van der Waals surface area (Å²) in [7, 11) is 1.46. The van der Waals surface area contributed by atoms with Crippen LogP contribution in [0.4, 0.5) is 14.9 Å². The minimum atomic E-state index is -0.815. The molecule has 38 heavy (non-hydrogen) atoms. The van der Waals surface area contributed by atoms with E-state index in [-0.39, 0.29) is 34.2 Å². The molecule has 0 unspecified atom stereocenters. The number of carbonyl (C=O) groups excluding carboxylic acids is 3. The number of thioether (sulfide) groups is 1. The number of amides is 3. The molecule has 0 spiro atoms. The van der Waals surface area contributed by atoms with Crippen molar-refractivity contribution < 1.29 is 33.0 Å². The predicted octanol–water partition coefficient (Wildman–Crippen LogP) is 5.14. The summed E-state index contributed by atoms with van der Waals surface area (Å²) in [5.41, 5.74) is 0.920. The van der Waals surface area contributed by atoms with Gasteiger partial charge in [-0.15, -0.1) is 0 Å². The van der Waals surface area contributed by atoms with Crippen LogP contribution in [0.2, 0.25) is 5.28 Å². The van der Waals surface area contributed by atoms with Crippen molar-refractivity contribution in [3.63, 3.8) is 0 Å². The fourth-order valence-electron chi connectivity index (χ4n) is 3.34. The van der Waals surface area contributed by atoms with Gasteiger partial charge in [-0.25, -0.2) is 4.98 Å². The molecular formula is C25H20ClFN4O6S. The number of imide groups is 1. The third-order valence-electron chi connectivity index (χ3n) is 5.01. The molecule has 2 heterocycles. The van der Waals surface area contributed by atoms with Crippen LogP contribution in [0.3, 0.4) is 0 Å². The number of para-hydroxylation sites is 2. The molecule has 13 heteroatoms. The highest BCUT2D eigenvalue weighted by atomic mass is 35.5. The molecule has 2 aromatic carbocycles. The average Bonchev–Trinajstić information content (AvgIpc) is 3.15. The number of methoxy groups -OCH3 is 1. The van der Waals surface area contributed by atoms with Crippen molar-refractivity contribution >= 4 is 52.2 Å². The molecule has 1 aliphatic rings. The maximum atomic E-state index is 14.0. The molecule has 1 N–H and O–H groups in total. The molecule has 196 valence electrons. The van der Waals surface area contributed by atoms with E-state index in [0.717, 1.165) is 11.1 Å². The van der Waals surface area contributed by atoms with E-state index < -0.39 is 29.4 Å². The number of ether oxygens (including phenoxy) is 3. The Morgan fingerprint density at radius 3 is 2.74 bits per heavy atom. The van der Waals surface area contributed by atoms with Crippen LogP contribution in [0.25, 0.3) is 6.08 Å². The van der Waals surface area contributed by atoms with Gasteiger partial charge in [0.1, 0.15) is 12.3 Å². The number of aromatic nitrogens is 2. The fraction of sp³-hybridized carbons (Fsp3) is 0.160. The van der Waals surface area contributed by atoms with Gasteiger partial charge in [0.15, 0.2) is 11.5 Å². The molecule has 4 rings (SSSR count). The van der Waals surface area contributed by atoms with Gasteiger partial charge in [0.25, 0.3) is 17.0 Å². The number of anilines is 1. The number of carbonyl (C=O) groups is 3. The zero-order valence-electron chi connectivity index (χ0n) is 20.1. The van der Waals surface area contributed by atoms with Crippen LogP contribution in [0.15, 0.2) is 53.6 Å². The number of nitrogens with zero attached hydrogens (tertiary/aromatic N) is 3. The highest BCUT2D eigenvalue weighted by Crippen LogP contribution is 2.36. The van der Waals surface area contributed by atoms with E-state index >= 15 is 0 Å². The first-order valence-corrected chi connectivity index (χ1v) is 12.3. The van der Waals surface area contributed by atoms with Gasteiger partial charge in [0.2, 0.25) is 17.0 Å². The minimum absolute atomic E-state index is 0.116. The average molecular weight is 559 g/mol. The first-order valence-electron chi connectivity index (χ1n) is 11.1. The van der Waals surface area contributed by atoms with E-state index in [4.69, 9.17) is 25.8 Å². The lowest BCUT2D eigenvalue weighted by molar-refractivity contribution is -0.127. The maximum Gasteiger partial charge on any atom is 0.294 e. The third-order valence-corrected chi connectivity index (χ3v) is 6.10. The zero-order valence-corrected chi connectivity index (χ0v) is 21.6. The predicted molar refractivity (Wildman–Crippen MR) is 139 cm³/mol. The number of hydrogen-bond acceptors (Lipinski definition) is 9. The van der Waals surface area contributed by atoms with Crippen LogP contribution in [-0.4, -0.2) is 52.2 Å². The first kappa shape index (κ1) is 26.9. The summed E-state index contributed by atoms with van der Waals surface area (Å²) >= 11 is 6.43. The third kappa shape index (κ3) is 6.21. The highest BCUT2D eigenvalue weighted by molar-refractivity contribution is 8.18. The number of hydrogen-bond donors (Lipinski definition) is 1. The van der Waals surface area contributed by atoms with Gasteiger partial charge in [-0.2, -0.15) is 9.37 Å². The molecule has 3 aromatic rings. The Labute approximate surface area is 225 Å². The second-order valence-corrected chi connectivity index (χ2v) is 8.88. The summed E-state index contributed by atoms with van der Waals surface area (Å²) in [6.45, 7) is 1.55. The SMILES string of the molecule is CCOc1cc(/C=C2/SC(=O)N(CC(=O)Nc3ccccc3OC)C2=O)ccc1Oc1nc(Cl)ncc1F. The Bertz CT molecular complexity index is 1440. The van der Waals surface area contributed by atoms with Gasteiger partial charge >= 0.3 is 0 Å². The van der Waals surface area contributed by atoms with Crippen LogP contribution in [0.5, 0.6) is 23.1 Å². The van der Waals surface area contributed by atoms with Crippen LogP contribution < -0.4 is 19.5 Å². The standard InChI is InChI=1S/C25H20ClFN4O6S/c1-3-36-19-10-14(8-9-18(19)37-22-15(27)12-28-24(26)30-22)11-20-23(33)31(25(34)38-20)13-21(32)29-16-6-4-5-7-17(16)35-2/h4-12H,3,13H2,1-2H3,(H,29,32)/b20-11+. The van der Waals surface area contributed by atoms with Crippen LogP contribution in [-0.2, 0) is 9.59 Å². The summed E-state index contributed by atoms with van der Waals surface area (Å²) in [5.74, 6) is -1.54. The van der Waals surface area contributed by atoms with Crippen LogP contribution >= 0.6 is 23.4 Å². The fourth-order valence-corrected chi connectivity index (χ4v) is 4.31. The van der Waals surface area contributed by atoms with Crippen molar-refractivity contribution in [2.75, 3.05) is 25.6 Å². The van der Waals surface area contributed by atoms with E-state index in [9.17, 15) is 18.8 Å². The summed E-state index contributed by atoms with van der Waals surface area (Å²) in [6, 6.07) is 11.4. The molecule has 1 saturated heterocycles. The Morgan fingerprint density at radius 1 is 1.18 bits per heavy atom. The summed E-state index contributed by atoms with van der Waals surface area (Å²) in [4.78, 5) is 46.2. The van der Waals surface area contributed by atoms with Gasteiger partial charge in [-0.05, 0) is 66.2 Å². The van der Waals surface area contributed by atoms with Crippen molar-refractivity contribution in [2.24, 2.45) is 0 Å². The molecular weight excluding hydrogens is 539 g/mol. The summed E-state index contributed by atoms with van der Waals surface area (Å²) in [6.07, 6.45) is 2.36. The van der Waals surface area contributed by atoms with Gasteiger partial charge < -0.3 is 19.5 Å². The van der Waals surface area contributed by atoms with Crippen LogP contribution in [0.1, 0.15) is 12.5 Å². The van der Waals surface area contributed by atoms with Gasteiger partial charge in [-0.3, -0.25) is 19.3 Å². The largest absolute Gasteiger partial charge is 0.495 e. The lowest BCUT2D eigenvalue weighted by atomic mass is 10.2. The quantitative estimate of drug-likeness (QED) is 0.281. The Hall–Kier alpha value is -4.16. The van der Waals surface area contributed by atoms with Gasteiger partial charge in [0, 0.05) is 0 Å². The van der Waals surface area contributed by atoms with E-state index in [1.807, 2.05) is 0 Å². The van der Waals surface area contributed by atoms with Crippen molar-refractivity contribution in [3.8, 4) is 23.1 Å². The molecule has 0 aliphatic carbocycles. The summed E-state index contributed by atoms with van der Waals surface area (Å²) in [5, 5.41) is 1.86. The normalized spacial score (nSPS) is 14.1. The van der Waals surface area contributed by atoms with Crippen molar-refractivity contribution in [2.45, 2.75) is 6.92 Å². The molecule has 0 atom stereocenters. The highest BCUT2D eigenvalue weighted by Gasteiger charge is 2.36. The Morgan fingerprint density at radius 2 is 1.97 bits per heavy atom. The number of nitrogens with one attached hydrogen (secondary N) is 1. The number of halogens is 2. The molecule has 0 saturated carbocycles. The lowest BCUT2D eigenvalue weighted by Gasteiger charge is -2.14. The van der Waals surface area contributed by atoms with E-state index in [1.165, 1.54) is 19.3 Å².